The minimum atomic E-state index is -1.64. The van der Waals surface area contributed by atoms with E-state index in [-0.39, 0.29) is 10.0 Å². The second-order valence-electron chi connectivity index (χ2n) is 2.77. The van der Waals surface area contributed by atoms with Crippen LogP contribution in [-0.2, 0) is 0 Å². The van der Waals surface area contributed by atoms with Gasteiger partial charge in [-0.3, -0.25) is 0 Å². The summed E-state index contributed by atoms with van der Waals surface area (Å²) >= 11 is 2.82. The molecule has 1 N–H and O–H groups in total. The SMILES string of the molecule is N#CC(C#N)=CNc1c(Br)cc(F)c(F)c1F. The van der Waals surface area contributed by atoms with E-state index in [4.69, 9.17) is 10.5 Å². The Hall–Kier alpha value is -1.99. The molecule has 1 aromatic rings. The van der Waals surface area contributed by atoms with E-state index < -0.39 is 23.1 Å². The van der Waals surface area contributed by atoms with Gasteiger partial charge in [-0.05, 0) is 22.0 Å². The molecule has 0 saturated heterocycles. The van der Waals surface area contributed by atoms with Gasteiger partial charge in [0.15, 0.2) is 17.5 Å². The Morgan fingerprint density at radius 2 is 1.82 bits per heavy atom. The molecule has 86 valence electrons. The van der Waals surface area contributed by atoms with Gasteiger partial charge in [0.1, 0.15) is 17.7 Å². The molecule has 0 spiro atoms. The molecule has 0 aromatic heterocycles. The topological polar surface area (TPSA) is 59.6 Å². The molecule has 0 fully saturated rings. The van der Waals surface area contributed by atoms with Crippen molar-refractivity contribution in [1.82, 2.24) is 0 Å². The molecule has 3 nitrogen and oxygen atoms in total. The van der Waals surface area contributed by atoms with Crippen molar-refractivity contribution in [2.24, 2.45) is 0 Å². The number of benzene rings is 1. The summed E-state index contributed by atoms with van der Waals surface area (Å²) in [6.45, 7) is 0. The van der Waals surface area contributed by atoms with Gasteiger partial charge in [-0.1, -0.05) is 0 Å². The monoisotopic (exact) mass is 301 g/mol. The van der Waals surface area contributed by atoms with Crippen molar-refractivity contribution < 1.29 is 13.2 Å². The molecule has 0 radical (unpaired) electrons. The molecule has 0 unspecified atom stereocenters. The molecular weight excluding hydrogens is 299 g/mol. The van der Waals surface area contributed by atoms with Crippen LogP contribution in [0.5, 0.6) is 0 Å². The maximum atomic E-state index is 13.3. The molecule has 0 aliphatic rings. The van der Waals surface area contributed by atoms with Crippen molar-refractivity contribution in [3.63, 3.8) is 0 Å². The Kier molecular flexibility index (Phi) is 4.13. The summed E-state index contributed by atoms with van der Waals surface area (Å²) in [5.41, 5.74) is -0.729. The minimum Gasteiger partial charge on any atom is -0.356 e. The summed E-state index contributed by atoms with van der Waals surface area (Å²) in [4.78, 5) is 0. The average Bonchev–Trinajstić information content (AvgIpc) is 2.31. The summed E-state index contributed by atoms with van der Waals surface area (Å²) < 4.78 is 38.9. The van der Waals surface area contributed by atoms with Gasteiger partial charge in [-0.2, -0.15) is 10.5 Å². The molecular formula is C10H3BrF3N3. The number of hydrogen-bond acceptors (Lipinski definition) is 3. The van der Waals surface area contributed by atoms with E-state index >= 15 is 0 Å². The molecule has 1 rings (SSSR count). The Bertz CT molecular complexity index is 554. The van der Waals surface area contributed by atoms with Crippen LogP contribution in [0.3, 0.4) is 0 Å². The van der Waals surface area contributed by atoms with E-state index in [0.717, 1.165) is 12.3 Å². The number of allylic oxidation sites excluding steroid dienone is 1. The highest BCUT2D eigenvalue weighted by Crippen LogP contribution is 2.29. The zero-order chi connectivity index (χ0) is 13.0. The van der Waals surface area contributed by atoms with Gasteiger partial charge < -0.3 is 5.32 Å². The van der Waals surface area contributed by atoms with Crippen LogP contribution in [0.25, 0.3) is 0 Å². The summed E-state index contributed by atoms with van der Waals surface area (Å²) in [5, 5.41) is 19.1. The van der Waals surface area contributed by atoms with Crippen LogP contribution in [-0.4, -0.2) is 0 Å². The molecule has 0 atom stereocenters. The lowest BCUT2D eigenvalue weighted by Gasteiger charge is -2.07. The second-order valence-corrected chi connectivity index (χ2v) is 3.62. The van der Waals surface area contributed by atoms with Gasteiger partial charge in [0.05, 0.1) is 5.69 Å². The fourth-order valence-corrected chi connectivity index (χ4v) is 1.42. The smallest absolute Gasteiger partial charge is 0.196 e. The standard InChI is InChI=1S/C10H3BrF3N3/c11-6-1-7(12)8(13)9(14)10(6)17-4-5(2-15)3-16/h1,4,17H. The lowest BCUT2D eigenvalue weighted by atomic mass is 10.2. The Morgan fingerprint density at radius 1 is 1.24 bits per heavy atom. The van der Waals surface area contributed by atoms with Crippen LogP contribution in [0.15, 0.2) is 22.3 Å². The quantitative estimate of drug-likeness (QED) is 0.518. The van der Waals surface area contributed by atoms with Gasteiger partial charge in [-0.15, -0.1) is 0 Å². The lowest BCUT2D eigenvalue weighted by molar-refractivity contribution is 0.448. The first kappa shape index (κ1) is 13.1. The van der Waals surface area contributed by atoms with E-state index in [1.165, 1.54) is 12.1 Å². The molecule has 0 saturated carbocycles. The number of hydrogen-bond donors (Lipinski definition) is 1. The third-order valence-corrected chi connectivity index (χ3v) is 2.34. The van der Waals surface area contributed by atoms with E-state index in [2.05, 4.69) is 21.2 Å². The second kappa shape index (κ2) is 5.37. The van der Waals surface area contributed by atoms with Crippen molar-refractivity contribution in [3.8, 4) is 12.1 Å². The number of nitrogens with one attached hydrogen (secondary N) is 1. The molecule has 17 heavy (non-hydrogen) atoms. The lowest BCUT2D eigenvalue weighted by Crippen LogP contribution is -2.00. The van der Waals surface area contributed by atoms with E-state index in [1.54, 1.807) is 0 Å². The van der Waals surface area contributed by atoms with Gasteiger partial charge in [0.25, 0.3) is 0 Å². The number of anilines is 1. The van der Waals surface area contributed by atoms with Crippen molar-refractivity contribution >= 4 is 21.6 Å². The molecule has 0 bridgehead atoms. The van der Waals surface area contributed by atoms with Gasteiger partial charge in [0.2, 0.25) is 0 Å². The largest absolute Gasteiger partial charge is 0.356 e. The number of nitrogens with zero attached hydrogens (tertiary/aromatic N) is 2. The highest BCUT2D eigenvalue weighted by Gasteiger charge is 2.16. The Labute approximate surface area is 103 Å². The zero-order valence-corrected chi connectivity index (χ0v) is 9.65. The molecule has 7 heteroatoms. The summed E-state index contributed by atoms with van der Waals surface area (Å²) in [5.74, 6) is -4.42. The zero-order valence-electron chi connectivity index (χ0n) is 8.06. The molecule has 1 aromatic carbocycles. The predicted molar refractivity (Wildman–Crippen MR) is 56.9 cm³/mol. The van der Waals surface area contributed by atoms with Crippen molar-refractivity contribution in [2.45, 2.75) is 0 Å². The van der Waals surface area contributed by atoms with Crippen molar-refractivity contribution in [1.29, 1.82) is 10.5 Å². The third kappa shape index (κ3) is 2.77. The fraction of sp³-hybridized carbons (Fsp3) is 0. The van der Waals surface area contributed by atoms with E-state index in [9.17, 15) is 13.2 Å². The van der Waals surface area contributed by atoms with Crippen LogP contribution >= 0.6 is 15.9 Å². The van der Waals surface area contributed by atoms with Crippen LogP contribution in [0.2, 0.25) is 0 Å². The van der Waals surface area contributed by atoms with Gasteiger partial charge in [0, 0.05) is 10.7 Å². The molecule has 0 aliphatic carbocycles. The predicted octanol–water partition coefficient (Wildman–Crippen LogP) is 3.21. The summed E-state index contributed by atoms with van der Waals surface area (Å²) in [6, 6.07) is 3.77. The van der Waals surface area contributed by atoms with Crippen LogP contribution < -0.4 is 5.32 Å². The Balaban J connectivity index is 3.18. The molecule has 0 aliphatic heterocycles. The third-order valence-electron chi connectivity index (χ3n) is 1.72. The fourth-order valence-electron chi connectivity index (χ4n) is 0.932. The normalized spacial score (nSPS) is 9.06. The first-order valence-electron chi connectivity index (χ1n) is 4.11. The highest BCUT2D eigenvalue weighted by atomic mass is 79.9. The molecule has 0 heterocycles. The highest BCUT2D eigenvalue weighted by molar-refractivity contribution is 9.10. The minimum absolute atomic E-state index is 0.0691. The molecule has 0 amide bonds. The summed E-state index contributed by atoms with van der Waals surface area (Å²) in [7, 11) is 0. The van der Waals surface area contributed by atoms with Crippen molar-refractivity contribution in [3.05, 3.63) is 39.8 Å². The first-order valence-corrected chi connectivity index (χ1v) is 4.90. The van der Waals surface area contributed by atoms with Crippen LogP contribution in [0, 0.1) is 40.1 Å². The maximum Gasteiger partial charge on any atom is 0.196 e. The van der Waals surface area contributed by atoms with Crippen LogP contribution in [0.4, 0.5) is 18.9 Å². The average molecular weight is 302 g/mol. The Morgan fingerprint density at radius 3 is 2.35 bits per heavy atom. The van der Waals surface area contributed by atoms with E-state index in [0.29, 0.717) is 0 Å². The number of rotatable bonds is 2. The van der Waals surface area contributed by atoms with Gasteiger partial charge in [-0.25, -0.2) is 13.2 Å². The van der Waals surface area contributed by atoms with Crippen LogP contribution in [0.1, 0.15) is 0 Å². The number of halogens is 4. The number of nitriles is 2. The van der Waals surface area contributed by atoms with E-state index in [1.807, 2.05) is 0 Å². The first-order chi connectivity index (χ1) is 8.01. The summed E-state index contributed by atoms with van der Waals surface area (Å²) in [6.07, 6.45) is 0.889. The maximum absolute atomic E-state index is 13.3. The van der Waals surface area contributed by atoms with Gasteiger partial charge >= 0.3 is 0 Å². The van der Waals surface area contributed by atoms with Crippen molar-refractivity contribution in [2.75, 3.05) is 5.32 Å².